The Morgan fingerprint density at radius 2 is 1.91 bits per heavy atom. The average molecular weight is 331 g/mol. The molecule has 0 spiro atoms. The largest absolute Gasteiger partial charge is 0.496 e. The molecule has 0 fully saturated rings. The summed E-state index contributed by atoms with van der Waals surface area (Å²) in [5.74, 6) is 0.414. The third-order valence-electron chi connectivity index (χ3n) is 3.30. The van der Waals surface area contributed by atoms with Gasteiger partial charge in [0.2, 0.25) is 0 Å². The van der Waals surface area contributed by atoms with Crippen molar-refractivity contribution in [1.82, 2.24) is 0 Å². The Morgan fingerprint density at radius 3 is 2.57 bits per heavy atom. The third kappa shape index (κ3) is 4.17. The highest BCUT2D eigenvalue weighted by Crippen LogP contribution is 2.29. The highest BCUT2D eigenvalue weighted by molar-refractivity contribution is 7.80. The van der Waals surface area contributed by atoms with E-state index in [1.54, 1.807) is 12.1 Å². The second-order valence-electron chi connectivity index (χ2n) is 4.73. The molecular weight excluding hydrogens is 314 g/mol. The van der Waals surface area contributed by atoms with Crippen molar-refractivity contribution in [2.45, 2.75) is 13.3 Å². The molecule has 2 rings (SSSR count). The van der Waals surface area contributed by atoms with Gasteiger partial charge in [-0.25, -0.2) is 0 Å². The second-order valence-corrected chi connectivity index (χ2v) is 5.14. The summed E-state index contributed by atoms with van der Waals surface area (Å²) in [5.41, 5.74) is 2.20. The number of thiocarbonyl (C=S) groups is 1. The van der Waals surface area contributed by atoms with E-state index in [4.69, 9.17) is 17.0 Å². The maximum absolute atomic E-state index is 11.2. The molecule has 0 atom stereocenters. The van der Waals surface area contributed by atoms with Gasteiger partial charge in [0, 0.05) is 5.69 Å². The number of rotatable bonds is 5. The lowest BCUT2D eigenvalue weighted by Crippen LogP contribution is -2.20. The zero-order chi connectivity index (χ0) is 16.8. The number of methoxy groups -OCH3 is 1. The molecule has 0 heterocycles. The second kappa shape index (κ2) is 7.55. The van der Waals surface area contributed by atoms with Crippen molar-refractivity contribution in [3.8, 4) is 5.75 Å². The Labute approximate surface area is 139 Å². The van der Waals surface area contributed by atoms with Gasteiger partial charge in [-0.15, -0.1) is 0 Å². The normalized spacial score (nSPS) is 10.0. The first-order valence-corrected chi connectivity index (χ1v) is 7.44. The number of para-hydroxylation sites is 1. The quantitative estimate of drug-likeness (QED) is 0.490. The van der Waals surface area contributed by atoms with E-state index in [1.165, 1.54) is 13.2 Å². The minimum absolute atomic E-state index is 0.0997. The Balaban J connectivity index is 2.18. The number of nitrogens with zero attached hydrogens (tertiary/aromatic N) is 1. The number of hydrogen-bond donors (Lipinski definition) is 2. The highest BCUT2D eigenvalue weighted by Gasteiger charge is 2.16. The molecule has 6 nitrogen and oxygen atoms in total. The van der Waals surface area contributed by atoms with Crippen LogP contribution >= 0.6 is 12.2 Å². The van der Waals surface area contributed by atoms with Gasteiger partial charge in [-0.2, -0.15) is 0 Å². The predicted molar refractivity (Wildman–Crippen MR) is 95.3 cm³/mol. The fourth-order valence-corrected chi connectivity index (χ4v) is 2.34. The van der Waals surface area contributed by atoms with Crippen LogP contribution in [0, 0.1) is 10.1 Å². The fourth-order valence-electron chi connectivity index (χ4n) is 2.12. The van der Waals surface area contributed by atoms with Gasteiger partial charge in [-0.1, -0.05) is 25.1 Å². The maximum atomic E-state index is 11.2. The lowest BCUT2D eigenvalue weighted by Gasteiger charge is -2.13. The van der Waals surface area contributed by atoms with Crippen molar-refractivity contribution in [3.63, 3.8) is 0 Å². The SMILES string of the molecule is CCc1ccccc1NC(=S)Nc1ccc(OC)cc1[N+](=O)[O-]. The van der Waals surface area contributed by atoms with Gasteiger partial charge in [-0.05, 0) is 42.4 Å². The number of ether oxygens (including phenoxy) is 1. The Hall–Kier alpha value is -2.67. The summed E-state index contributed by atoms with van der Waals surface area (Å²) >= 11 is 5.26. The zero-order valence-corrected chi connectivity index (χ0v) is 13.6. The molecule has 0 bridgehead atoms. The van der Waals surface area contributed by atoms with Gasteiger partial charge >= 0.3 is 0 Å². The molecule has 0 aromatic heterocycles. The van der Waals surface area contributed by atoms with Crippen LogP contribution in [-0.4, -0.2) is 17.1 Å². The van der Waals surface area contributed by atoms with E-state index in [2.05, 4.69) is 10.6 Å². The van der Waals surface area contributed by atoms with Crippen molar-refractivity contribution in [1.29, 1.82) is 0 Å². The first-order valence-electron chi connectivity index (χ1n) is 7.03. The van der Waals surface area contributed by atoms with Crippen LogP contribution in [0.1, 0.15) is 12.5 Å². The molecule has 2 N–H and O–H groups in total. The minimum atomic E-state index is -0.479. The van der Waals surface area contributed by atoms with Crippen LogP contribution in [0.3, 0.4) is 0 Å². The number of aryl methyl sites for hydroxylation is 1. The molecule has 0 aliphatic rings. The predicted octanol–water partition coefficient (Wildman–Crippen LogP) is 3.97. The first-order chi connectivity index (χ1) is 11.0. The number of hydrogen-bond acceptors (Lipinski definition) is 4. The highest BCUT2D eigenvalue weighted by atomic mass is 32.1. The summed E-state index contributed by atoms with van der Waals surface area (Å²) < 4.78 is 5.01. The van der Waals surface area contributed by atoms with Crippen molar-refractivity contribution in [2.24, 2.45) is 0 Å². The van der Waals surface area contributed by atoms with Crippen LogP contribution < -0.4 is 15.4 Å². The monoisotopic (exact) mass is 331 g/mol. The van der Waals surface area contributed by atoms with E-state index in [-0.39, 0.29) is 5.69 Å². The van der Waals surface area contributed by atoms with Crippen LogP contribution in [0.2, 0.25) is 0 Å². The lowest BCUT2D eigenvalue weighted by molar-refractivity contribution is -0.384. The van der Waals surface area contributed by atoms with E-state index in [9.17, 15) is 10.1 Å². The first kappa shape index (κ1) is 16.7. The van der Waals surface area contributed by atoms with Crippen LogP contribution in [0.5, 0.6) is 5.75 Å². The van der Waals surface area contributed by atoms with Crippen LogP contribution in [-0.2, 0) is 6.42 Å². The van der Waals surface area contributed by atoms with Gasteiger partial charge in [0.15, 0.2) is 5.11 Å². The summed E-state index contributed by atoms with van der Waals surface area (Å²) in [7, 11) is 1.46. The minimum Gasteiger partial charge on any atom is -0.496 e. The van der Waals surface area contributed by atoms with Crippen molar-refractivity contribution < 1.29 is 9.66 Å². The maximum Gasteiger partial charge on any atom is 0.296 e. The van der Waals surface area contributed by atoms with E-state index in [0.29, 0.717) is 16.5 Å². The van der Waals surface area contributed by atoms with Gasteiger partial charge in [0.1, 0.15) is 11.4 Å². The average Bonchev–Trinajstić information content (AvgIpc) is 2.55. The summed E-state index contributed by atoms with van der Waals surface area (Å²) in [6.45, 7) is 2.05. The molecular formula is C16H17N3O3S. The molecule has 2 aromatic carbocycles. The number of anilines is 2. The molecule has 0 radical (unpaired) electrons. The van der Waals surface area contributed by atoms with Gasteiger partial charge in [-0.3, -0.25) is 10.1 Å². The molecule has 0 saturated carbocycles. The molecule has 0 saturated heterocycles. The van der Waals surface area contributed by atoms with Gasteiger partial charge < -0.3 is 15.4 Å². The summed E-state index contributed by atoms with van der Waals surface area (Å²) in [6.07, 6.45) is 0.856. The summed E-state index contributed by atoms with van der Waals surface area (Å²) in [5, 5.41) is 17.4. The van der Waals surface area contributed by atoms with E-state index in [0.717, 1.165) is 17.7 Å². The number of nitrogens with one attached hydrogen (secondary N) is 2. The van der Waals surface area contributed by atoms with Crippen LogP contribution in [0.4, 0.5) is 17.1 Å². The molecule has 0 unspecified atom stereocenters. The summed E-state index contributed by atoms with van der Waals surface area (Å²) in [4.78, 5) is 10.7. The van der Waals surface area contributed by atoms with E-state index in [1.807, 2.05) is 31.2 Å². The zero-order valence-electron chi connectivity index (χ0n) is 12.8. The Morgan fingerprint density at radius 1 is 1.22 bits per heavy atom. The molecule has 7 heteroatoms. The molecule has 0 amide bonds. The topological polar surface area (TPSA) is 76.4 Å². The van der Waals surface area contributed by atoms with Crippen molar-refractivity contribution >= 4 is 34.4 Å². The van der Waals surface area contributed by atoms with E-state index >= 15 is 0 Å². The van der Waals surface area contributed by atoms with Crippen molar-refractivity contribution in [2.75, 3.05) is 17.7 Å². The van der Waals surface area contributed by atoms with Gasteiger partial charge in [0.05, 0.1) is 18.1 Å². The fraction of sp³-hybridized carbons (Fsp3) is 0.188. The Bertz CT molecular complexity index is 734. The molecule has 2 aromatic rings. The Kier molecular flexibility index (Phi) is 5.48. The van der Waals surface area contributed by atoms with Crippen LogP contribution in [0.15, 0.2) is 42.5 Å². The molecule has 23 heavy (non-hydrogen) atoms. The number of nitro groups is 1. The number of benzene rings is 2. The summed E-state index contributed by atoms with van der Waals surface area (Å²) in [6, 6.07) is 12.3. The standard InChI is InChI=1S/C16H17N3O3S/c1-3-11-6-4-5-7-13(11)17-16(23)18-14-9-8-12(22-2)10-15(14)19(20)21/h4-10H,3H2,1-2H3,(H2,17,18,23). The smallest absolute Gasteiger partial charge is 0.296 e. The molecule has 0 aliphatic carbocycles. The van der Waals surface area contributed by atoms with Gasteiger partial charge in [0.25, 0.3) is 5.69 Å². The van der Waals surface area contributed by atoms with Crippen molar-refractivity contribution in [3.05, 3.63) is 58.1 Å². The lowest BCUT2D eigenvalue weighted by atomic mass is 10.1. The van der Waals surface area contributed by atoms with E-state index < -0.39 is 4.92 Å². The third-order valence-corrected chi connectivity index (χ3v) is 3.50. The molecule has 0 aliphatic heterocycles. The van der Waals surface area contributed by atoms with Crippen LogP contribution in [0.25, 0.3) is 0 Å². The molecule has 120 valence electrons. The number of nitro benzene ring substituents is 1.